The molecule has 0 aliphatic carbocycles. The van der Waals surface area contributed by atoms with Gasteiger partial charge in [0.2, 0.25) is 0 Å². The number of nitrogens with zero attached hydrogens (tertiary/aromatic N) is 1. The summed E-state index contributed by atoms with van der Waals surface area (Å²) < 4.78 is 19.0. The van der Waals surface area contributed by atoms with E-state index in [1.807, 2.05) is 24.3 Å². The Morgan fingerprint density at radius 3 is 2.67 bits per heavy atom. The Labute approximate surface area is 163 Å². The Hall–Kier alpha value is -2.34. The van der Waals surface area contributed by atoms with Gasteiger partial charge < -0.3 is 4.74 Å². The summed E-state index contributed by atoms with van der Waals surface area (Å²) in [7, 11) is 0. The van der Waals surface area contributed by atoms with Gasteiger partial charge in [0.15, 0.2) is 6.61 Å². The summed E-state index contributed by atoms with van der Waals surface area (Å²) in [6, 6.07) is 12.4. The highest BCUT2D eigenvalue weighted by molar-refractivity contribution is 7.99. The fraction of sp³-hybridized carbons (Fsp3) is 0.333. The zero-order valence-corrected chi connectivity index (χ0v) is 16.5. The molecule has 142 valence electrons. The molecular formula is C21H23FN2O2S. The molecule has 27 heavy (non-hydrogen) atoms. The van der Waals surface area contributed by atoms with Gasteiger partial charge in [-0.15, -0.1) is 11.8 Å². The fourth-order valence-corrected chi connectivity index (χ4v) is 3.74. The van der Waals surface area contributed by atoms with Gasteiger partial charge in [-0.2, -0.15) is 5.10 Å². The van der Waals surface area contributed by atoms with Crippen molar-refractivity contribution in [1.29, 1.82) is 0 Å². The highest BCUT2D eigenvalue weighted by atomic mass is 32.2. The minimum absolute atomic E-state index is 0.0695. The summed E-state index contributed by atoms with van der Waals surface area (Å²) in [6.07, 6.45) is 0.677. The number of amides is 1. The predicted octanol–water partition coefficient (Wildman–Crippen LogP) is 4.52. The number of carbonyl (C=O) groups excluding carboxylic acids is 1. The van der Waals surface area contributed by atoms with Crippen molar-refractivity contribution in [2.24, 2.45) is 5.10 Å². The van der Waals surface area contributed by atoms with Crippen LogP contribution in [0, 0.1) is 5.82 Å². The van der Waals surface area contributed by atoms with Crippen LogP contribution >= 0.6 is 11.8 Å². The first-order valence-corrected chi connectivity index (χ1v) is 9.83. The minimum Gasteiger partial charge on any atom is -0.484 e. The molecule has 0 fully saturated rings. The maximum absolute atomic E-state index is 13.5. The van der Waals surface area contributed by atoms with E-state index in [0.717, 1.165) is 16.2 Å². The smallest absolute Gasteiger partial charge is 0.277 e. The highest BCUT2D eigenvalue weighted by Crippen LogP contribution is 2.30. The van der Waals surface area contributed by atoms with Crippen molar-refractivity contribution in [3.63, 3.8) is 0 Å². The van der Waals surface area contributed by atoms with Crippen molar-refractivity contribution < 1.29 is 13.9 Å². The lowest BCUT2D eigenvalue weighted by molar-refractivity contribution is -0.123. The van der Waals surface area contributed by atoms with Gasteiger partial charge in [-0.3, -0.25) is 4.79 Å². The van der Waals surface area contributed by atoms with Crippen LogP contribution < -0.4 is 10.2 Å². The Bertz CT molecular complexity index is 857. The Kier molecular flexibility index (Phi) is 5.85. The van der Waals surface area contributed by atoms with E-state index in [1.54, 1.807) is 17.8 Å². The van der Waals surface area contributed by atoms with E-state index in [9.17, 15) is 9.18 Å². The molecule has 0 bridgehead atoms. The first-order valence-electron chi connectivity index (χ1n) is 8.84. The van der Waals surface area contributed by atoms with Crippen molar-refractivity contribution in [2.45, 2.75) is 37.5 Å². The second-order valence-electron chi connectivity index (χ2n) is 7.40. The molecule has 0 radical (unpaired) electrons. The van der Waals surface area contributed by atoms with Crippen molar-refractivity contribution >= 4 is 23.4 Å². The van der Waals surface area contributed by atoms with Crippen LogP contribution in [-0.4, -0.2) is 24.0 Å². The average molecular weight is 386 g/mol. The van der Waals surface area contributed by atoms with Crippen LogP contribution in [0.1, 0.15) is 38.3 Å². The number of fused-ring (bicyclic) bond motifs is 1. The number of hydrogen-bond donors (Lipinski definition) is 1. The number of hydrazone groups is 1. The van der Waals surface area contributed by atoms with E-state index in [2.05, 4.69) is 31.3 Å². The SMILES string of the molecule is CC(C)(C)c1ccc(OCC(=O)NN=C2CCSc3ccc(F)cc32)cc1. The van der Waals surface area contributed by atoms with Crippen LogP contribution in [0.25, 0.3) is 0 Å². The van der Waals surface area contributed by atoms with Gasteiger partial charge >= 0.3 is 0 Å². The Morgan fingerprint density at radius 2 is 1.96 bits per heavy atom. The summed E-state index contributed by atoms with van der Waals surface area (Å²) >= 11 is 1.66. The van der Waals surface area contributed by atoms with Crippen LogP contribution in [-0.2, 0) is 10.2 Å². The summed E-state index contributed by atoms with van der Waals surface area (Å²) in [5, 5.41) is 4.18. The molecule has 0 saturated carbocycles. The van der Waals surface area contributed by atoms with Crippen molar-refractivity contribution in [3.8, 4) is 5.75 Å². The molecule has 1 aliphatic heterocycles. The molecule has 0 saturated heterocycles. The number of benzene rings is 2. The van der Waals surface area contributed by atoms with E-state index in [0.29, 0.717) is 17.9 Å². The number of halogens is 1. The van der Waals surface area contributed by atoms with Gasteiger partial charge in [-0.05, 0) is 41.3 Å². The number of nitrogens with one attached hydrogen (secondary N) is 1. The van der Waals surface area contributed by atoms with Crippen LogP contribution in [0.4, 0.5) is 4.39 Å². The number of hydrogen-bond acceptors (Lipinski definition) is 4. The largest absolute Gasteiger partial charge is 0.484 e. The minimum atomic E-state index is -0.349. The summed E-state index contributed by atoms with van der Waals surface area (Å²) in [5.41, 5.74) is 5.21. The molecule has 2 aromatic carbocycles. The van der Waals surface area contributed by atoms with Crippen LogP contribution in [0.2, 0.25) is 0 Å². The maximum atomic E-state index is 13.5. The number of ether oxygens (including phenoxy) is 1. The van der Waals surface area contributed by atoms with Crippen LogP contribution in [0.3, 0.4) is 0 Å². The average Bonchev–Trinajstić information content (AvgIpc) is 2.64. The lowest BCUT2D eigenvalue weighted by atomic mass is 9.87. The second kappa shape index (κ2) is 8.13. The molecule has 1 N–H and O–H groups in total. The molecule has 0 unspecified atom stereocenters. The molecule has 1 aliphatic rings. The van der Waals surface area contributed by atoms with Crippen molar-refractivity contribution in [3.05, 3.63) is 59.4 Å². The first-order chi connectivity index (χ1) is 12.8. The van der Waals surface area contributed by atoms with Gasteiger partial charge in [0.25, 0.3) is 5.91 Å². The van der Waals surface area contributed by atoms with Crippen LogP contribution in [0.15, 0.2) is 52.5 Å². The standard InChI is InChI=1S/C21H23FN2O2S/c1-21(2,3)14-4-7-16(8-5-14)26-13-20(25)24-23-18-10-11-27-19-9-6-15(22)12-17(18)19/h4-9,12H,10-11,13H2,1-3H3,(H,24,25). The van der Waals surface area contributed by atoms with Gasteiger partial charge in [-0.1, -0.05) is 32.9 Å². The molecule has 0 atom stereocenters. The predicted molar refractivity (Wildman–Crippen MR) is 107 cm³/mol. The van der Waals surface area contributed by atoms with Gasteiger partial charge in [0.1, 0.15) is 11.6 Å². The van der Waals surface area contributed by atoms with E-state index in [1.165, 1.54) is 17.7 Å². The molecule has 0 aromatic heterocycles. The van der Waals surface area contributed by atoms with Gasteiger partial charge in [0.05, 0.1) is 5.71 Å². The van der Waals surface area contributed by atoms with Gasteiger partial charge in [0, 0.05) is 22.6 Å². The quantitative estimate of drug-likeness (QED) is 0.786. The van der Waals surface area contributed by atoms with E-state index < -0.39 is 0 Å². The Balaban J connectivity index is 1.58. The first kappa shape index (κ1) is 19.4. The molecule has 2 aromatic rings. The lowest BCUT2D eigenvalue weighted by Gasteiger charge is -2.19. The number of rotatable bonds is 4. The second-order valence-corrected chi connectivity index (χ2v) is 8.53. The third kappa shape index (κ3) is 5.10. The molecule has 3 rings (SSSR count). The third-order valence-electron chi connectivity index (χ3n) is 4.25. The Morgan fingerprint density at radius 1 is 1.22 bits per heavy atom. The summed E-state index contributed by atoms with van der Waals surface area (Å²) in [5.74, 6) is 0.826. The molecule has 1 heterocycles. The lowest BCUT2D eigenvalue weighted by Crippen LogP contribution is -2.26. The maximum Gasteiger partial charge on any atom is 0.277 e. The van der Waals surface area contributed by atoms with Crippen molar-refractivity contribution in [2.75, 3.05) is 12.4 Å². The van der Waals surface area contributed by atoms with Crippen LogP contribution in [0.5, 0.6) is 5.75 Å². The zero-order chi connectivity index (χ0) is 19.4. The molecule has 0 spiro atoms. The topological polar surface area (TPSA) is 50.7 Å². The molecular weight excluding hydrogens is 363 g/mol. The number of carbonyl (C=O) groups is 1. The molecule has 6 heteroatoms. The third-order valence-corrected chi connectivity index (χ3v) is 5.33. The van der Waals surface area contributed by atoms with E-state index in [4.69, 9.17) is 4.74 Å². The zero-order valence-electron chi connectivity index (χ0n) is 15.7. The molecule has 4 nitrogen and oxygen atoms in total. The summed E-state index contributed by atoms with van der Waals surface area (Å²) in [4.78, 5) is 13.0. The monoisotopic (exact) mass is 386 g/mol. The van der Waals surface area contributed by atoms with Gasteiger partial charge in [-0.25, -0.2) is 9.82 Å². The van der Waals surface area contributed by atoms with E-state index >= 15 is 0 Å². The van der Waals surface area contributed by atoms with E-state index in [-0.39, 0.29) is 23.7 Å². The highest BCUT2D eigenvalue weighted by Gasteiger charge is 2.17. The fourth-order valence-electron chi connectivity index (χ4n) is 2.72. The molecule has 1 amide bonds. The number of thioether (sulfide) groups is 1. The normalized spacial score (nSPS) is 15.3. The summed E-state index contributed by atoms with van der Waals surface area (Å²) in [6.45, 7) is 6.30. The van der Waals surface area contributed by atoms with Crippen molar-refractivity contribution in [1.82, 2.24) is 5.43 Å².